The molecule has 1 aliphatic carbocycles. The topological polar surface area (TPSA) is 39.4 Å². The molecule has 1 fully saturated rings. The highest BCUT2D eigenvalue weighted by molar-refractivity contribution is 6.55. The lowest BCUT2D eigenvalue weighted by Crippen LogP contribution is -2.11. The normalized spacial score (nSPS) is 20.8. The molecule has 0 N–H and O–H groups in total. The zero-order valence-corrected chi connectivity index (χ0v) is 15.9. The molecule has 0 saturated heterocycles. The van der Waals surface area contributed by atoms with Crippen LogP contribution in [0.4, 0.5) is 0 Å². The van der Waals surface area contributed by atoms with Crippen LogP contribution in [-0.4, -0.2) is 5.97 Å². The first-order valence-corrected chi connectivity index (χ1v) is 8.89. The summed E-state index contributed by atoms with van der Waals surface area (Å²) in [5.74, 6) is 0.383. The highest BCUT2D eigenvalue weighted by Gasteiger charge is 2.61. The van der Waals surface area contributed by atoms with Gasteiger partial charge in [-0.1, -0.05) is 55.2 Å². The largest absolute Gasteiger partial charge is 0.464 e. The molecular weight excluding hydrogens is 359 g/mol. The van der Waals surface area contributed by atoms with Crippen LogP contribution in [0, 0.1) is 24.2 Å². The highest BCUT2D eigenvalue weighted by Crippen LogP contribution is 2.60. The highest BCUT2D eigenvalue weighted by atomic mass is 35.5. The zero-order valence-electron chi connectivity index (χ0n) is 14.4. The van der Waals surface area contributed by atoms with E-state index in [0.29, 0.717) is 0 Å². The molecule has 0 spiro atoms. The van der Waals surface area contributed by atoms with Crippen molar-refractivity contribution in [1.82, 2.24) is 0 Å². The van der Waals surface area contributed by atoms with Crippen LogP contribution in [0.1, 0.15) is 25.0 Å². The van der Waals surface area contributed by atoms with E-state index < -0.39 is 0 Å². The van der Waals surface area contributed by atoms with Gasteiger partial charge in [0.05, 0.1) is 12.2 Å². The van der Waals surface area contributed by atoms with E-state index in [1.165, 1.54) is 0 Å². The Bertz CT molecular complexity index is 802. The summed E-state index contributed by atoms with van der Waals surface area (Å²) in [5, 5.41) is 0. The molecule has 2 atom stereocenters. The molecule has 0 bridgehead atoms. The van der Waals surface area contributed by atoms with Crippen LogP contribution in [0.5, 0.6) is 0 Å². The number of halogens is 2. The summed E-state index contributed by atoms with van der Waals surface area (Å²) in [6.45, 7) is 6.26. The molecule has 5 heteroatoms. The fourth-order valence-electron chi connectivity index (χ4n) is 3.35. The first-order valence-electron chi connectivity index (χ1n) is 8.14. The monoisotopic (exact) mass is 378 g/mol. The average Bonchev–Trinajstić information content (AvgIpc) is 2.93. The van der Waals surface area contributed by atoms with Gasteiger partial charge in [0.1, 0.15) is 16.9 Å². The predicted octanol–water partition coefficient (Wildman–Crippen LogP) is 5.89. The first-order chi connectivity index (χ1) is 11.8. The number of carbonyl (C=O) groups excluding carboxylic acids is 1. The Balaban J connectivity index is 1.70. The van der Waals surface area contributed by atoms with Crippen LogP contribution in [-0.2, 0) is 16.1 Å². The number of rotatable bonds is 5. The van der Waals surface area contributed by atoms with Crippen LogP contribution >= 0.6 is 23.2 Å². The lowest BCUT2D eigenvalue weighted by molar-refractivity contribution is -0.147. The molecule has 3 nitrogen and oxygen atoms in total. The molecule has 132 valence electrons. The van der Waals surface area contributed by atoms with Gasteiger partial charge in [-0.3, -0.25) is 4.79 Å². The Kier molecular flexibility index (Phi) is 4.99. The van der Waals surface area contributed by atoms with Gasteiger partial charge in [0.2, 0.25) is 0 Å². The second kappa shape index (κ2) is 6.89. The number of carbonyl (C=O) groups is 1. The van der Waals surface area contributed by atoms with Crippen LogP contribution in [0.3, 0.4) is 0 Å². The van der Waals surface area contributed by atoms with Crippen LogP contribution in [0.15, 0.2) is 51.6 Å². The van der Waals surface area contributed by atoms with Crippen LogP contribution in [0.25, 0.3) is 11.3 Å². The number of esters is 1. The van der Waals surface area contributed by atoms with E-state index in [-0.39, 0.29) is 34.3 Å². The van der Waals surface area contributed by atoms with E-state index in [4.69, 9.17) is 32.4 Å². The van der Waals surface area contributed by atoms with Crippen molar-refractivity contribution in [2.75, 3.05) is 0 Å². The molecular formula is C20H20Cl2O3. The summed E-state index contributed by atoms with van der Waals surface area (Å²) in [5.41, 5.74) is 2.82. The molecule has 1 aliphatic rings. The van der Waals surface area contributed by atoms with Gasteiger partial charge in [0.15, 0.2) is 0 Å². The molecule has 0 unspecified atom stereocenters. The Morgan fingerprint density at radius 1 is 1.28 bits per heavy atom. The summed E-state index contributed by atoms with van der Waals surface area (Å²) in [6, 6.07) is 9.66. The van der Waals surface area contributed by atoms with Gasteiger partial charge in [-0.25, -0.2) is 0 Å². The zero-order chi connectivity index (χ0) is 18.2. The smallest absolute Gasteiger partial charge is 0.310 e. The number of allylic oxidation sites excluding steroid dienone is 1. The molecule has 0 radical (unpaired) electrons. The third-order valence-corrected chi connectivity index (χ3v) is 5.32. The number of ether oxygens (including phenoxy) is 1. The Hall–Kier alpha value is -1.71. The molecule has 3 rings (SSSR count). The number of hydrogen-bond donors (Lipinski definition) is 0. The van der Waals surface area contributed by atoms with Gasteiger partial charge in [-0.05, 0) is 47.6 Å². The van der Waals surface area contributed by atoms with Gasteiger partial charge < -0.3 is 9.15 Å². The fraction of sp³-hybridized carbons (Fsp3) is 0.350. The van der Waals surface area contributed by atoms with Crippen molar-refractivity contribution in [2.24, 2.45) is 17.3 Å². The quantitative estimate of drug-likeness (QED) is 0.608. The maximum atomic E-state index is 12.5. The van der Waals surface area contributed by atoms with Crippen molar-refractivity contribution in [3.8, 4) is 11.3 Å². The molecule has 1 heterocycles. The minimum atomic E-state index is -0.219. The summed E-state index contributed by atoms with van der Waals surface area (Å²) < 4.78 is 11.2. The number of hydrogen-bond acceptors (Lipinski definition) is 3. The summed E-state index contributed by atoms with van der Waals surface area (Å²) in [6.07, 6.45) is 3.37. The lowest BCUT2D eigenvalue weighted by Gasteiger charge is -2.11. The van der Waals surface area contributed by atoms with Crippen molar-refractivity contribution in [3.63, 3.8) is 0 Å². The molecule has 1 aromatic heterocycles. The first kappa shape index (κ1) is 18.1. The molecule has 0 aliphatic heterocycles. The average molecular weight is 379 g/mol. The summed E-state index contributed by atoms with van der Waals surface area (Å²) in [7, 11) is 0. The van der Waals surface area contributed by atoms with Gasteiger partial charge in [0, 0.05) is 5.56 Å². The number of benzene rings is 1. The molecule has 1 aromatic carbocycles. The summed E-state index contributed by atoms with van der Waals surface area (Å²) >= 11 is 11.5. The van der Waals surface area contributed by atoms with Gasteiger partial charge >= 0.3 is 5.97 Å². The van der Waals surface area contributed by atoms with Crippen LogP contribution in [0.2, 0.25) is 0 Å². The molecule has 2 aromatic rings. The second-order valence-corrected chi connectivity index (χ2v) is 7.96. The minimum absolute atomic E-state index is 0.0144. The van der Waals surface area contributed by atoms with Crippen molar-refractivity contribution >= 4 is 29.2 Å². The maximum Gasteiger partial charge on any atom is 0.310 e. The van der Waals surface area contributed by atoms with E-state index in [1.54, 1.807) is 12.3 Å². The Morgan fingerprint density at radius 2 is 2.04 bits per heavy atom. The van der Waals surface area contributed by atoms with E-state index in [0.717, 1.165) is 22.5 Å². The standard InChI is InChI=1S/C20H20Cl2O3/c1-12-13(6-4-7-14(12)16-8-5-9-24-16)11-25-19(23)18-15(10-17(21)22)20(18,2)3/h4-10,15,18H,11H2,1-3H3/t15-,18-/m1/s1. The van der Waals surface area contributed by atoms with Gasteiger partial charge in [-0.2, -0.15) is 0 Å². The van der Waals surface area contributed by atoms with Crippen molar-refractivity contribution in [3.05, 3.63) is 58.3 Å². The fourth-order valence-corrected chi connectivity index (χ4v) is 3.62. The third-order valence-electron chi connectivity index (χ3n) is 5.07. The second-order valence-electron chi connectivity index (χ2n) is 6.96. The minimum Gasteiger partial charge on any atom is -0.464 e. The lowest BCUT2D eigenvalue weighted by atomic mass is 10.0. The van der Waals surface area contributed by atoms with Crippen LogP contribution < -0.4 is 0 Å². The molecule has 25 heavy (non-hydrogen) atoms. The van der Waals surface area contributed by atoms with Gasteiger partial charge in [-0.15, -0.1) is 0 Å². The van der Waals surface area contributed by atoms with Crippen molar-refractivity contribution in [2.45, 2.75) is 27.4 Å². The molecule has 1 saturated carbocycles. The maximum absolute atomic E-state index is 12.5. The van der Waals surface area contributed by atoms with Gasteiger partial charge in [0.25, 0.3) is 0 Å². The molecule has 0 amide bonds. The van der Waals surface area contributed by atoms with E-state index in [2.05, 4.69) is 0 Å². The Morgan fingerprint density at radius 3 is 2.68 bits per heavy atom. The Labute approximate surface area is 157 Å². The van der Waals surface area contributed by atoms with E-state index in [1.807, 2.05) is 51.1 Å². The SMILES string of the molecule is Cc1c(COC(=O)[C@H]2[C@@H](C=C(Cl)Cl)C2(C)C)cccc1-c1ccco1. The third kappa shape index (κ3) is 3.63. The van der Waals surface area contributed by atoms with Crippen molar-refractivity contribution in [1.29, 1.82) is 0 Å². The summed E-state index contributed by atoms with van der Waals surface area (Å²) in [4.78, 5) is 12.5. The predicted molar refractivity (Wildman–Crippen MR) is 99.2 cm³/mol. The van der Waals surface area contributed by atoms with E-state index in [9.17, 15) is 4.79 Å². The number of furan rings is 1. The van der Waals surface area contributed by atoms with Crippen molar-refractivity contribution < 1.29 is 13.9 Å². The van der Waals surface area contributed by atoms with E-state index >= 15 is 0 Å².